The van der Waals surface area contributed by atoms with E-state index in [4.69, 9.17) is 4.74 Å². The van der Waals surface area contributed by atoms with Crippen molar-refractivity contribution in [2.45, 2.75) is 33.7 Å². The summed E-state index contributed by atoms with van der Waals surface area (Å²) in [5, 5.41) is 2.76. The van der Waals surface area contributed by atoms with Crippen molar-refractivity contribution in [3.63, 3.8) is 0 Å². The Kier molecular flexibility index (Phi) is 6.70. The number of aryl methyl sites for hydroxylation is 2. The third-order valence-corrected chi connectivity index (χ3v) is 3.87. The Morgan fingerprint density at radius 2 is 1.63 bits per heavy atom. The van der Waals surface area contributed by atoms with Crippen LogP contribution in [-0.2, 0) is 4.79 Å². The molecule has 0 aliphatic carbocycles. The van der Waals surface area contributed by atoms with Crippen molar-refractivity contribution < 1.29 is 14.3 Å². The molecule has 1 aromatic carbocycles. The van der Waals surface area contributed by atoms with Gasteiger partial charge in [0, 0.05) is 17.0 Å². The van der Waals surface area contributed by atoms with Crippen molar-refractivity contribution in [1.82, 2.24) is 20.7 Å². The molecule has 0 aliphatic heterocycles. The molecule has 2 amide bonds. The minimum absolute atomic E-state index is 0.117. The number of methoxy groups -OCH3 is 1. The monoisotopic (exact) mass is 371 g/mol. The van der Waals surface area contributed by atoms with Crippen LogP contribution in [0.15, 0.2) is 30.3 Å². The summed E-state index contributed by atoms with van der Waals surface area (Å²) < 4.78 is 5.08. The minimum Gasteiger partial charge on any atom is -0.497 e. The van der Waals surface area contributed by atoms with Crippen LogP contribution in [0.3, 0.4) is 0 Å². The Morgan fingerprint density at radius 1 is 1.04 bits per heavy atom. The van der Waals surface area contributed by atoms with Gasteiger partial charge in [-0.25, -0.2) is 9.97 Å². The highest BCUT2D eigenvalue weighted by Crippen LogP contribution is 2.12. The molecule has 3 N–H and O–H groups in total. The molecule has 1 heterocycles. The van der Waals surface area contributed by atoms with E-state index in [2.05, 4.69) is 26.1 Å². The first kappa shape index (κ1) is 20.2. The summed E-state index contributed by atoms with van der Waals surface area (Å²) in [7, 11) is 1.56. The molecule has 1 unspecified atom stereocenters. The third kappa shape index (κ3) is 5.67. The Morgan fingerprint density at radius 3 is 2.15 bits per heavy atom. The number of amides is 2. The van der Waals surface area contributed by atoms with Gasteiger partial charge in [-0.2, -0.15) is 0 Å². The molecule has 0 bridgehead atoms. The average Bonchev–Trinajstić information content (AvgIpc) is 2.63. The maximum atomic E-state index is 12.5. The second-order valence-electron chi connectivity index (χ2n) is 6.51. The first-order chi connectivity index (χ1) is 12.8. The fourth-order valence-corrected chi connectivity index (χ4v) is 2.48. The van der Waals surface area contributed by atoms with Crippen LogP contribution in [0.25, 0.3) is 0 Å². The number of carbonyl (C=O) groups is 2. The smallest absolute Gasteiger partial charge is 0.261 e. The van der Waals surface area contributed by atoms with Gasteiger partial charge in [0.25, 0.3) is 11.8 Å². The highest BCUT2D eigenvalue weighted by Gasteiger charge is 2.25. The zero-order valence-electron chi connectivity index (χ0n) is 16.2. The molecule has 144 valence electrons. The summed E-state index contributed by atoms with van der Waals surface area (Å²) in [6, 6.07) is 7.78. The predicted molar refractivity (Wildman–Crippen MR) is 102 cm³/mol. The number of aromatic nitrogens is 2. The summed E-state index contributed by atoms with van der Waals surface area (Å²) in [6.45, 7) is 7.39. The van der Waals surface area contributed by atoms with E-state index in [1.165, 1.54) is 0 Å². The molecular formula is C19H25N5O3. The van der Waals surface area contributed by atoms with Crippen LogP contribution in [-0.4, -0.2) is 34.9 Å². The molecule has 0 fully saturated rings. The molecule has 0 spiro atoms. The van der Waals surface area contributed by atoms with Crippen molar-refractivity contribution in [2.75, 3.05) is 12.5 Å². The molecule has 0 aliphatic rings. The van der Waals surface area contributed by atoms with E-state index < -0.39 is 6.04 Å². The lowest BCUT2D eigenvalue weighted by atomic mass is 10.0. The number of anilines is 1. The van der Waals surface area contributed by atoms with Crippen LogP contribution in [0.2, 0.25) is 0 Å². The Hall–Kier alpha value is -3.16. The Bertz CT molecular complexity index is 785. The molecular weight excluding hydrogens is 346 g/mol. The zero-order chi connectivity index (χ0) is 20.0. The summed E-state index contributed by atoms with van der Waals surface area (Å²) in [5.41, 5.74) is 7.27. The molecule has 0 radical (unpaired) electrons. The van der Waals surface area contributed by atoms with Crippen molar-refractivity contribution in [1.29, 1.82) is 0 Å². The van der Waals surface area contributed by atoms with Gasteiger partial charge < -0.3 is 10.1 Å². The van der Waals surface area contributed by atoms with Gasteiger partial charge in [-0.15, -0.1) is 0 Å². The predicted octanol–water partition coefficient (Wildman–Crippen LogP) is 2.00. The van der Waals surface area contributed by atoms with Crippen LogP contribution in [0.4, 0.5) is 5.95 Å². The van der Waals surface area contributed by atoms with E-state index in [0.717, 1.165) is 11.4 Å². The van der Waals surface area contributed by atoms with E-state index in [9.17, 15) is 9.59 Å². The van der Waals surface area contributed by atoms with Crippen molar-refractivity contribution >= 4 is 17.8 Å². The number of hydrazine groups is 1. The minimum atomic E-state index is -0.724. The zero-order valence-corrected chi connectivity index (χ0v) is 16.2. The van der Waals surface area contributed by atoms with Gasteiger partial charge in [0.1, 0.15) is 11.8 Å². The second kappa shape index (κ2) is 8.98. The van der Waals surface area contributed by atoms with Crippen LogP contribution >= 0.6 is 0 Å². The van der Waals surface area contributed by atoms with E-state index in [0.29, 0.717) is 17.3 Å². The molecule has 1 atom stereocenters. The number of hydrogen-bond acceptors (Lipinski definition) is 6. The van der Waals surface area contributed by atoms with Gasteiger partial charge in [0.05, 0.1) is 7.11 Å². The van der Waals surface area contributed by atoms with Crippen LogP contribution in [0.1, 0.15) is 35.6 Å². The Balaban J connectivity index is 2.02. The maximum Gasteiger partial charge on any atom is 0.261 e. The first-order valence-electron chi connectivity index (χ1n) is 8.63. The standard InChI is InChI=1S/C19H25N5O3/c1-11(2)16(22-17(25)14-6-8-15(27-5)9-7-14)18(26)23-24-19-20-12(3)10-13(4)21-19/h6-11,16H,1-5H3,(H,22,25)(H,23,26)(H,20,21,24). The number of ether oxygens (including phenoxy) is 1. The Labute approximate surface area is 158 Å². The summed E-state index contributed by atoms with van der Waals surface area (Å²) >= 11 is 0. The number of benzene rings is 1. The lowest BCUT2D eigenvalue weighted by Gasteiger charge is -2.22. The molecule has 8 nitrogen and oxygen atoms in total. The normalized spacial score (nSPS) is 11.6. The lowest BCUT2D eigenvalue weighted by Crippen LogP contribution is -2.51. The van der Waals surface area contributed by atoms with E-state index >= 15 is 0 Å². The number of nitrogens with zero attached hydrogens (tertiary/aromatic N) is 2. The fourth-order valence-electron chi connectivity index (χ4n) is 2.48. The highest BCUT2D eigenvalue weighted by molar-refractivity contribution is 5.97. The lowest BCUT2D eigenvalue weighted by molar-refractivity contribution is -0.123. The molecule has 2 aromatic rings. The highest BCUT2D eigenvalue weighted by atomic mass is 16.5. The van der Waals surface area contributed by atoms with Crippen molar-refractivity contribution in [2.24, 2.45) is 5.92 Å². The number of nitrogens with one attached hydrogen (secondary N) is 3. The average molecular weight is 371 g/mol. The van der Waals surface area contributed by atoms with Gasteiger partial charge in [0.15, 0.2) is 0 Å². The quantitative estimate of drug-likeness (QED) is 0.643. The van der Waals surface area contributed by atoms with Crippen molar-refractivity contribution in [3.05, 3.63) is 47.3 Å². The summed E-state index contributed by atoms with van der Waals surface area (Å²) in [5.74, 6) is 0.116. The number of carbonyl (C=O) groups excluding carboxylic acids is 2. The third-order valence-electron chi connectivity index (χ3n) is 3.87. The molecule has 1 aromatic heterocycles. The number of rotatable bonds is 7. The fraction of sp³-hybridized carbons (Fsp3) is 0.368. The van der Waals surface area contributed by atoms with E-state index in [1.807, 2.05) is 33.8 Å². The van der Waals surface area contributed by atoms with Crippen molar-refractivity contribution in [3.8, 4) is 5.75 Å². The number of hydrogen-bond donors (Lipinski definition) is 3. The second-order valence-corrected chi connectivity index (χ2v) is 6.51. The van der Waals surface area contributed by atoms with Gasteiger partial charge >= 0.3 is 0 Å². The van der Waals surface area contributed by atoms with E-state index in [-0.39, 0.29) is 17.7 Å². The van der Waals surface area contributed by atoms with Crippen LogP contribution < -0.4 is 20.9 Å². The molecule has 0 saturated carbocycles. The van der Waals surface area contributed by atoms with Gasteiger partial charge in [0.2, 0.25) is 5.95 Å². The van der Waals surface area contributed by atoms with Crippen LogP contribution in [0, 0.1) is 19.8 Å². The summed E-state index contributed by atoms with van der Waals surface area (Å²) in [6.07, 6.45) is 0. The van der Waals surface area contributed by atoms with Crippen LogP contribution in [0.5, 0.6) is 5.75 Å². The topological polar surface area (TPSA) is 105 Å². The summed E-state index contributed by atoms with van der Waals surface area (Å²) in [4.78, 5) is 33.4. The van der Waals surface area contributed by atoms with E-state index in [1.54, 1.807) is 31.4 Å². The van der Waals surface area contributed by atoms with Gasteiger partial charge in [-0.3, -0.25) is 20.4 Å². The first-order valence-corrected chi connectivity index (χ1v) is 8.63. The molecule has 8 heteroatoms. The van der Waals surface area contributed by atoms with Gasteiger partial charge in [-0.05, 0) is 50.1 Å². The largest absolute Gasteiger partial charge is 0.497 e. The maximum absolute atomic E-state index is 12.5. The molecule has 2 rings (SSSR count). The molecule has 0 saturated heterocycles. The SMILES string of the molecule is COc1ccc(C(=O)NC(C(=O)NNc2nc(C)cc(C)n2)C(C)C)cc1. The van der Waals surface area contributed by atoms with Gasteiger partial charge in [-0.1, -0.05) is 13.8 Å². The molecule has 27 heavy (non-hydrogen) atoms.